The Labute approximate surface area is 178 Å². The Morgan fingerprint density at radius 1 is 0.903 bits per heavy atom. The van der Waals surface area contributed by atoms with Gasteiger partial charge in [-0.1, -0.05) is 42.5 Å². The van der Waals surface area contributed by atoms with E-state index < -0.39 is 16.4 Å². The summed E-state index contributed by atoms with van der Waals surface area (Å²) in [6.45, 7) is 2.83. The summed E-state index contributed by atoms with van der Waals surface area (Å²) in [5.41, 5.74) is 0.633. The number of benzene rings is 3. The molecule has 1 fully saturated rings. The van der Waals surface area contributed by atoms with E-state index in [0.717, 1.165) is 28.6 Å². The summed E-state index contributed by atoms with van der Waals surface area (Å²) < 4.78 is 56.5. The average molecular weight is 442 g/mol. The Kier molecular flexibility index (Phi) is 4.91. The first-order valence-corrected chi connectivity index (χ1v) is 11.5. The van der Waals surface area contributed by atoms with Gasteiger partial charge in [0, 0.05) is 54.4 Å². The normalized spacial score (nSPS) is 15.3. The van der Waals surface area contributed by atoms with Crippen LogP contribution in [0.2, 0.25) is 0 Å². The van der Waals surface area contributed by atoms with Crippen LogP contribution in [-0.4, -0.2) is 38.6 Å². The third-order valence-corrected chi connectivity index (χ3v) is 7.51. The molecule has 0 amide bonds. The van der Waals surface area contributed by atoms with E-state index in [1.54, 1.807) is 36.4 Å². The van der Waals surface area contributed by atoms with Crippen molar-refractivity contribution in [1.29, 1.82) is 0 Å². The van der Waals surface area contributed by atoms with Crippen molar-refractivity contribution in [3.05, 3.63) is 72.4 Å². The first-order chi connectivity index (χ1) is 15.0. The lowest BCUT2D eigenvalue weighted by molar-refractivity contribution is 0.153. The molecule has 0 spiro atoms. The number of nitrogens with zero attached hydrogens (tertiary/aromatic N) is 2. The zero-order valence-electron chi connectivity index (χ0n) is 16.6. The van der Waals surface area contributed by atoms with Crippen LogP contribution in [-0.2, 0) is 10.0 Å². The third-order valence-electron chi connectivity index (χ3n) is 5.78. The largest absolute Gasteiger partial charge is 0.368 e. The number of nitrogens with one attached hydrogen (secondary N) is 1. The van der Waals surface area contributed by atoms with Crippen molar-refractivity contribution in [3.8, 4) is 0 Å². The van der Waals surface area contributed by atoms with Crippen molar-refractivity contribution >= 4 is 37.4 Å². The minimum Gasteiger partial charge on any atom is -0.368 e. The Hall–Kier alpha value is -2.97. The maximum atomic E-state index is 14.1. The molecule has 4 aromatic rings. The van der Waals surface area contributed by atoms with Crippen LogP contribution < -0.4 is 10.2 Å². The Bertz CT molecular complexity index is 1370. The molecule has 0 bridgehead atoms. The SMILES string of the molecule is O=S(=O)(c1cccc2ccccc12)n1cc(C(F)F)c2c(N3CCNCC3)cccc21. The van der Waals surface area contributed by atoms with Gasteiger partial charge in [0.2, 0.25) is 0 Å². The van der Waals surface area contributed by atoms with E-state index in [2.05, 4.69) is 5.32 Å². The van der Waals surface area contributed by atoms with Crippen LogP contribution in [0.4, 0.5) is 14.5 Å². The Morgan fingerprint density at radius 3 is 2.39 bits per heavy atom. The molecule has 8 heteroatoms. The molecular weight excluding hydrogens is 420 g/mol. The predicted octanol–water partition coefficient (Wildman–Crippen LogP) is 4.38. The molecule has 1 N–H and O–H groups in total. The van der Waals surface area contributed by atoms with Crippen molar-refractivity contribution in [1.82, 2.24) is 9.29 Å². The molecule has 3 aromatic carbocycles. The third kappa shape index (κ3) is 3.26. The number of hydrogen-bond donors (Lipinski definition) is 1. The number of piperazine rings is 1. The molecule has 5 nitrogen and oxygen atoms in total. The zero-order chi connectivity index (χ0) is 21.6. The van der Waals surface area contributed by atoms with Gasteiger partial charge in [-0.25, -0.2) is 21.2 Å². The molecule has 0 unspecified atom stereocenters. The number of rotatable bonds is 4. The lowest BCUT2D eigenvalue weighted by Gasteiger charge is -2.30. The fourth-order valence-corrected chi connectivity index (χ4v) is 5.92. The molecule has 5 rings (SSSR count). The lowest BCUT2D eigenvalue weighted by atomic mass is 10.1. The van der Waals surface area contributed by atoms with Gasteiger partial charge in [0.1, 0.15) is 0 Å². The van der Waals surface area contributed by atoms with E-state index in [4.69, 9.17) is 0 Å². The van der Waals surface area contributed by atoms with Gasteiger partial charge < -0.3 is 10.2 Å². The van der Waals surface area contributed by atoms with Crippen LogP contribution in [0, 0.1) is 0 Å². The minimum atomic E-state index is -4.10. The molecule has 0 radical (unpaired) electrons. The highest BCUT2D eigenvalue weighted by atomic mass is 32.2. The minimum absolute atomic E-state index is 0.0934. The maximum Gasteiger partial charge on any atom is 0.268 e. The topological polar surface area (TPSA) is 54.3 Å². The number of hydrogen-bond acceptors (Lipinski definition) is 4. The van der Waals surface area contributed by atoms with Gasteiger partial charge in [-0.05, 0) is 23.6 Å². The van der Waals surface area contributed by atoms with E-state index >= 15 is 0 Å². The number of fused-ring (bicyclic) bond motifs is 2. The summed E-state index contributed by atoms with van der Waals surface area (Å²) in [4.78, 5) is 2.12. The molecule has 1 aromatic heterocycles. The summed E-state index contributed by atoms with van der Waals surface area (Å²) in [5.74, 6) is 0. The molecule has 0 atom stereocenters. The van der Waals surface area contributed by atoms with Gasteiger partial charge in [0.25, 0.3) is 16.4 Å². The first kappa shape index (κ1) is 20.0. The number of anilines is 1. The van der Waals surface area contributed by atoms with E-state index in [9.17, 15) is 17.2 Å². The van der Waals surface area contributed by atoms with Gasteiger partial charge in [0.15, 0.2) is 0 Å². The van der Waals surface area contributed by atoms with Gasteiger partial charge >= 0.3 is 0 Å². The average Bonchev–Trinajstić information content (AvgIpc) is 3.20. The Balaban J connectivity index is 1.77. The van der Waals surface area contributed by atoms with Gasteiger partial charge in [-0.2, -0.15) is 0 Å². The van der Waals surface area contributed by atoms with Crippen LogP contribution in [0.5, 0.6) is 0 Å². The van der Waals surface area contributed by atoms with E-state index in [1.807, 2.05) is 23.1 Å². The Morgan fingerprint density at radius 2 is 1.61 bits per heavy atom. The highest BCUT2D eigenvalue weighted by molar-refractivity contribution is 7.90. The summed E-state index contributed by atoms with van der Waals surface area (Å²) in [6, 6.07) is 17.3. The predicted molar refractivity (Wildman–Crippen MR) is 119 cm³/mol. The summed E-state index contributed by atoms with van der Waals surface area (Å²) >= 11 is 0. The summed E-state index contributed by atoms with van der Waals surface area (Å²) in [7, 11) is -4.10. The van der Waals surface area contributed by atoms with Crippen LogP contribution in [0.1, 0.15) is 12.0 Å². The monoisotopic (exact) mass is 441 g/mol. The van der Waals surface area contributed by atoms with Crippen molar-refractivity contribution < 1.29 is 17.2 Å². The molecule has 1 saturated heterocycles. The van der Waals surface area contributed by atoms with Crippen molar-refractivity contribution in [2.24, 2.45) is 0 Å². The van der Waals surface area contributed by atoms with E-state index in [1.165, 1.54) is 6.07 Å². The van der Waals surface area contributed by atoms with Gasteiger partial charge in [-0.15, -0.1) is 0 Å². The van der Waals surface area contributed by atoms with Crippen LogP contribution in [0.15, 0.2) is 71.8 Å². The zero-order valence-corrected chi connectivity index (χ0v) is 17.4. The van der Waals surface area contributed by atoms with Gasteiger partial charge in [-0.3, -0.25) is 0 Å². The second kappa shape index (κ2) is 7.62. The van der Waals surface area contributed by atoms with Crippen molar-refractivity contribution in [3.63, 3.8) is 0 Å². The number of alkyl halides is 2. The van der Waals surface area contributed by atoms with E-state index in [0.29, 0.717) is 29.5 Å². The molecule has 160 valence electrons. The second-order valence-corrected chi connectivity index (χ2v) is 9.35. The summed E-state index contributed by atoms with van der Waals surface area (Å²) in [5, 5.41) is 4.87. The van der Waals surface area contributed by atoms with E-state index in [-0.39, 0.29) is 16.0 Å². The molecule has 2 heterocycles. The smallest absolute Gasteiger partial charge is 0.268 e. The van der Waals surface area contributed by atoms with Crippen LogP contribution in [0.3, 0.4) is 0 Å². The molecule has 0 saturated carbocycles. The highest BCUT2D eigenvalue weighted by Gasteiger charge is 2.28. The highest BCUT2D eigenvalue weighted by Crippen LogP contribution is 2.39. The quantitative estimate of drug-likeness (QED) is 0.511. The van der Waals surface area contributed by atoms with Crippen molar-refractivity contribution in [2.45, 2.75) is 11.3 Å². The van der Waals surface area contributed by atoms with Gasteiger partial charge in [0.05, 0.1) is 10.4 Å². The van der Waals surface area contributed by atoms with Crippen molar-refractivity contribution in [2.75, 3.05) is 31.1 Å². The standard InChI is InChI=1S/C23H21F2N3O2S/c24-23(25)18-15-28(20-9-4-8-19(22(18)20)27-13-11-26-12-14-27)31(29,30)21-10-3-6-16-5-1-2-7-17(16)21/h1-10,15,23,26H,11-14H2. The summed E-state index contributed by atoms with van der Waals surface area (Å²) in [6.07, 6.45) is -1.71. The fourth-order valence-electron chi connectivity index (χ4n) is 4.33. The molecule has 1 aliphatic rings. The molecular formula is C23H21F2N3O2S. The molecule has 0 aliphatic carbocycles. The number of aromatic nitrogens is 1. The first-order valence-electron chi connectivity index (χ1n) is 10.1. The number of halogens is 2. The maximum absolute atomic E-state index is 14.1. The van der Waals surface area contributed by atoms with Crippen LogP contribution >= 0.6 is 0 Å². The fraction of sp³-hybridized carbons (Fsp3) is 0.217. The molecule has 31 heavy (non-hydrogen) atoms. The second-order valence-electron chi connectivity index (χ2n) is 7.57. The lowest BCUT2D eigenvalue weighted by Crippen LogP contribution is -2.43. The van der Waals surface area contributed by atoms with Crippen LogP contribution in [0.25, 0.3) is 21.7 Å². The molecule has 1 aliphatic heterocycles.